The number of hydrogen-bond donors (Lipinski definition) is 0. The molecule has 0 saturated carbocycles. The van der Waals surface area contributed by atoms with Crippen LogP contribution in [0, 0.1) is 6.92 Å². The van der Waals surface area contributed by atoms with Gasteiger partial charge in [-0.05, 0) is 45.0 Å². The smallest absolute Gasteiger partial charge is 0.349 e. The van der Waals surface area contributed by atoms with Crippen molar-refractivity contribution in [1.29, 1.82) is 0 Å². The number of aryl methyl sites for hydroxylation is 1. The van der Waals surface area contributed by atoms with Gasteiger partial charge in [0.15, 0.2) is 5.60 Å². The molecule has 0 unspecified atom stereocenters. The maximum atomic E-state index is 12.0. The third-order valence-corrected chi connectivity index (χ3v) is 4.89. The second-order valence-corrected chi connectivity index (χ2v) is 7.00. The lowest BCUT2D eigenvalue weighted by Gasteiger charge is -2.23. The summed E-state index contributed by atoms with van der Waals surface area (Å²) in [6, 6.07) is 13.8. The van der Waals surface area contributed by atoms with Gasteiger partial charge in [0.25, 0.3) is 0 Å². The maximum Gasteiger partial charge on any atom is 0.349 e. The Labute approximate surface area is 159 Å². The second-order valence-electron chi connectivity index (χ2n) is 7.00. The van der Waals surface area contributed by atoms with Crippen LogP contribution in [0.25, 0.3) is 22.0 Å². The van der Waals surface area contributed by atoms with Gasteiger partial charge in [0.1, 0.15) is 11.5 Å². The summed E-state index contributed by atoms with van der Waals surface area (Å²) in [6.07, 6.45) is 0. The first-order valence-electron chi connectivity index (χ1n) is 8.80. The molecule has 1 heterocycles. The minimum Gasteiger partial charge on any atom is -0.496 e. The van der Waals surface area contributed by atoms with E-state index in [1.807, 2.05) is 49.5 Å². The van der Waals surface area contributed by atoms with Crippen molar-refractivity contribution in [1.82, 2.24) is 4.57 Å². The van der Waals surface area contributed by atoms with Crippen molar-refractivity contribution in [3.8, 4) is 22.6 Å². The standard InChI is InChI=1S/C22H25NO4/c1-14-20(16-9-7-8-10-19(16)25-5)17-13-15(11-12-18(17)23(14)4)27-22(2,3)21(24)26-6/h7-13H,1-6H3. The second kappa shape index (κ2) is 6.99. The molecule has 5 nitrogen and oxygen atoms in total. The Balaban J connectivity index is 2.18. The highest BCUT2D eigenvalue weighted by Gasteiger charge is 2.31. The molecule has 0 bridgehead atoms. The molecule has 0 radical (unpaired) electrons. The van der Waals surface area contributed by atoms with Crippen LogP contribution in [-0.4, -0.2) is 30.4 Å². The number of nitrogens with zero attached hydrogens (tertiary/aromatic N) is 1. The lowest BCUT2D eigenvalue weighted by atomic mass is 10.0. The number of methoxy groups -OCH3 is 2. The van der Waals surface area contributed by atoms with Crippen LogP contribution in [0.5, 0.6) is 11.5 Å². The molecule has 3 rings (SSSR count). The lowest BCUT2D eigenvalue weighted by molar-refractivity contribution is -0.156. The number of carbonyl (C=O) groups is 1. The van der Waals surface area contributed by atoms with Gasteiger partial charge in [-0.2, -0.15) is 0 Å². The molecule has 0 N–H and O–H groups in total. The summed E-state index contributed by atoms with van der Waals surface area (Å²) in [5, 5.41) is 1.04. The number of fused-ring (bicyclic) bond motifs is 1. The van der Waals surface area contributed by atoms with Crippen LogP contribution >= 0.6 is 0 Å². The highest BCUT2D eigenvalue weighted by Crippen LogP contribution is 2.40. The highest BCUT2D eigenvalue weighted by molar-refractivity contribution is 6.00. The van der Waals surface area contributed by atoms with Crippen LogP contribution in [0.3, 0.4) is 0 Å². The summed E-state index contributed by atoms with van der Waals surface area (Å²) in [4.78, 5) is 12.0. The van der Waals surface area contributed by atoms with E-state index in [0.717, 1.165) is 33.5 Å². The minimum absolute atomic E-state index is 0.420. The number of esters is 1. The zero-order valence-corrected chi connectivity index (χ0v) is 16.6. The Morgan fingerprint density at radius 2 is 1.78 bits per heavy atom. The monoisotopic (exact) mass is 367 g/mol. The van der Waals surface area contributed by atoms with Crippen LogP contribution in [0.4, 0.5) is 0 Å². The van der Waals surface area contributed by atoms with Crippen molar-refractivity contribution in [2.24, 2.45) is 7.05 Å². The number of benzene rings is 2. The SMILES string of the molecule is COC(=O)C(C)(C)Oc1ccc2c(c1)c(-c1ccccc1OC)c(C)n2C. The zero-order chi connectivity index (χ0) is 19.8. The van der Waals surface area contributed by atoms with E-state index in [2.05, 4.69) is 11.5 Å². The number of aromatic nitrogens is 1. The highest BCUT2D eigenvalue weighted by atomic mass is 16.6. The van der Waals surface area contributed by atoms with E-state index in [-0.39, 0.29) is 0 Å². The molecule has 142 valence electrons. The van der Waals surface area contributed by atoms with E-state index >= 15 is 0 Å². The molecule has 0 saturated heterocycles. The van der Waals surface area contributed by atoms with Crippen LogP contribution in [0.2, 0.25) is 0 Å². The molecule has 0 spiro atoms. The number of rotatable bonds is 5. The van der Waals surface area contributed by atoms with Gasteiger partial charge >= 0.3 is 5.97 Å². The van der Waals surface area contributed by atoms with E-state index in [9.17, 15) is 4.79 Å². The molecule has 27 heavy (non-hydrogen) atoms. The molecule has 5 heteroatoms. The Bertz CT molecular complexity index is 1000. The van der Waals surface area contributed by atoms with E-state index in [4.69, 9.17) is 14.2 Å². The maximum absolute atomic E-state index is 12.0. The van der Waals surface area contributed by atoms with Gasteiger partial charge < -0.3 is 18.8 Å². The lowest BCUT2D eigenvalue weighted by Crippen LogP contribution is -2.39. The summed E-state index contributed by atoms with van der Waals surface area (Å²) in [5.41, 5.74) is 3.24. The fraction of sp³-hybridized carbons (Fsp3) is 0.318. The summed E-state index contributed by atoms with van der Waals surface area (Å²) < 4.78 is 18.5. The first kappa shape index (κ1) is 18.8. The Hall–Kier alpha value is -2.95. The predicted octanol–water partition coefficient (Wildman–Crippen LogP) is 4.49. The molecule has 3 aromatic rings. The topological polar surface area (TPSA) is 49.7 Å². The molecule has 0 aliphatic rings. The molecule has 1 aromatic heterocycles. The summed E-state index contributed by atoms with van der Waals surface area (Å²) >= 11 is 0. The number of ether oxygens (including phenoxy) is 3. The van der Waals surface area contributed by atoms with Gasteiger partial charge in [-0.1, -0.05) is 18.2 Å². The fourth-order valence-corrected chi connectivity index (χ4v) is 3.39. The van der Waals surface area contributed by atoms with Crippen LogP contribution < -0.4 is 9.47 Å². The van der Waals surface area contributed by atoms with E-state index in [0.29, 0.717) is 5.75 Å². The van der Waals surface area contributed by atoms with Crippen molar-refractivity contribution in [2.45, 2.75) is 26.4 Å². The van der Waals surface area contributed by atoms with Gasteiger partial charge in [0.2, 0.25) is 0 Å². The predicted molar refractivity (Wildman–Crippen MR) is 106 cm³/mol. The minimum atomic E-state index is -1.07. The molecule has 0 amide bonds. The third kappa shape index (κ3) is 3.25. The first-order valence-corrected chi connectivity index (χ1v) is 8.80. The summed E-state index contributed by atoms with van der Waals surface area (Å²) in [7, 11) is 5.07. The molecule has 2 aromatic carbocycles. The van der Waals surface area contributed by atoms with Crippen molar-refractivity contribution >= 4 is 16.9 Å². The van der Waals surface area contributed by atoms with Gasteiger partial charge in [-0.3, -0.25) is 0 Å². The van der Waals surface area contributed by atoms with E-state index in [1.165, 1.54) is 7.11 Å². The van der Waals surface area contributed by atoms with Crippen LogP contribution in [0.15, 0.2) is 42.5 Å². The Kier molecular flexibility index (Phi) is 4.87. The van der Waals surface area contributed by atoms with E-state index in [1.54, 1.807) is 21.0 Å². The number of hydrogen-bond acceptors (Lipinski definition) is 4. The van der Waals surface area contributed by atoms with Crippen LogP contribution in [0.1, 0.15) is 19.5 Å². The number of carbonyl (C=O) groups excluding carboxylic acids is 1. The van der Waals surface area contributed by atoms with Crippen molar-refractivity contribution in [2.75, 3.05) is 14.2 Å². The third-order valence-electron chi connectivity index (χ3n) is 4.89. The fourth-order valence-electron chi connectivity index (χ4n) is 3.39. The van der Waals surface area contributed by atoms with E-state index < -0.39 is 11.6 Å². The Morgan fingerprint density at radius 3 is 2.44 bits per heavy atom. The first-order chi connectivity index (χ1) is 12.8. The number of para-hydroxylation sites is 1. The van der Waals surface area contributed by atoms with Gasteiger partial charge in [-0.15, -0.1) is 0 Å². The molecule has 0 aliphatic heterocycles. The normalized spacial score (nSPS) is 11.5. The van der Waals surface area contributed by atoms with Gasteiger partial charge in [0, 0.05) is 34.8 Å². The molecule has 0 atom stereocenters. The molecule has 0 aliphatic carbocycles. The van der Waals surface area contributed by atoms with Crippen molar-refractivity contribution < 1.29 is 19.0 Å². The van der Waals surface area contributed by atoms with Gasteiger partial charge in [0.05, 0.1) is 14.2 Å². The summed E-state index contributed by atoms with van der Waals surface area (Å²) in [5.74, 6) is 1.01. The molecular weight excluding hydrogens is 342 g/mol. The van der Waals surface area contributed by atoms with Crippen molar-refractivity contribution in [3.63, 3.8) is 0 Å². The van der Waals surface area contributed by atoms with Crippen molar-refractivity contribution in [3.05, 3.63) is 48.2 Å². The largest absolute Gasteiger partial charge is 0.496 e. The van der Waals surface area contributed by atoms with Gasteiger partial charge in [-0.25, -0.2) is 4.79 Å². The average molecular weight is 367 g/mol. The van der Waals surface area contributed by atoms with Crippen LogP contribution in [-0.2, 0) is 16.6 Å². The molecule has 0 fully saturated rings. The quantitative estimate of drug-likeness (QED) is 0.623. The Morgan fingerprint density at radius 1 is 1.07 bits per heavy atom. The molecular formula is C22H25NO4. The average Bonchev–Trinajstić information content (AvgIpc) is 2.90. The summed E-state index contributed by atoms with van der Waals surface area (Å²) in [6.45, 7) is 5.47. The zero-order valence-electron chi connectivity index (χ0n) is 16.6.